The molecule has 0 radical (unpaired) electrons. The molecule has 27 heavy (non-hydrogen) atoms. The SMILES string of the molecule is CCc1ccc(C(=O)Oc2ccc(C(=O)Nc3ccc(C)cc3)cc2)cc1. The Labute approximate surface area is 158 Å². The number of esters is 1. The van der Waals surface area contributed by atoms with Gasteiger partial charge >= 0.3 is 5.97 Å². The largest absolute Gasteiger partial charge is 0.423 e. The van der Waals surface area contributed by atoms with Gasteiger partial charge in [0.15, 0.2) is 0 Å². The first-order valence-corrected chi connectivity index (χ1v) is 8.84. The monoisotopic (exact) mass is 359 g/mol. The van der Waals surface area contributed by atoms with Crippen molar-refractivity contribution in [2.24, 2.45) is 0 Å². The van der Waals surface area contributed by atoms with Crippen LogP contribution in [0.2, 0.25) is 0 Å². The molecule has 0 saturated carbocycles. The van der Waals surface area contributed by atoms with E-state index in [1.54, 1.807) is 36.4 Å². The van der Waals surface area contributed by atoms with Crippen molar-refractivity contribution in [3.8, 4) is 5.75 Å². The molecule has 0 fully saturated rings. The molecule has 0 atom stereocenters. The third-order valence-corrected chi connectivity index (χ3v) is 4.23. The molecule has 0 bridgehead atoms. The van der Waals surface area contributed by atoms with Gasteiger partial charge < -0.3 is 10.1 Å². The molecular weight excluding hydrogens is 338 g/mol. The van der Waals surface area contributed by atoms with E-state index in [9.17, 15) is 9.59 Å². The van der Waals surface area contributed by atoms with E-state index >= 15 is 0 Å². The van der Waals surface area contributed by atoms with Crippen LogP contribution in [0.3, 0.4) is 0 Å². The molecule has 0 unspecified atom stereocenters. The number of nitrogens with one attached hydrogen (secondary N) is 1. The third-order valence-electron chi connectivity index (χ3n) is 4.23. The smallest absolute Gasteiger partial charge is 0.343 e. The van der Waals surface area contributed by atoms with E-state index in [0.717, 1.165) is 23.2 Å². The van der Waals surface area contributed by atoms with Crippen molar-refractivity contribution in [1.82, 2.24) is 0 Å². The minimum atomic E-state index is -0.422. The summed E-state index contributed by atoms with van der Waals surface area (Å²) in [5, 5.41) is 2.84. The molecule has 0 aliphatic carbocycles. The maximum Gasteiger partial charge on any atom is 0.343 e. The predicted octanol–water partition coefficient (Wildman–Crippen LogP) is 5.03. The Morgan fingerprint density at radius 3 is 2.00 bits per heavy atom. The number of amides is 1. The maximum absolute atomic E-state index is 12.3. The first-order valence-electron chi connectivity index (χ1n) is 8.84. The van der Waals surface area contributed by atoms with Crippen molar-refractivity contribution in [3.05, 3.63) is 95.1 Å². The lowest BCUT2D eigenvalue weighted by Crippen LogP contribution is -2.12. The Balaban J connectivity index is 1.62. The van der Waals surface area contributed by atoms with Crippen LogP contribution in [0.15, 0.2) is 72.8 Å². The highest BCUT2D eigenvalue weighted by Crippen LogP contribution is 2.16. The Kier molecular flexibility index (Phi) is 5.67. The van der Waals surface area contributed by atoms with Gasteiger partial charge in [0.1, 0.15) is 5.75 Å². The number of aryl methyl sites for hydroxylation is 2. The summed E-state index contributed by atoms with van der Waals surface area (Å²) in [4.78, 5) is 24.5. The van der Waals surface area contributed by atoms with Gasteiger partial charge in [-0.1, -0.05) is 36.8 Å². The molecule has 1 amide bonds. The lowest BCUT2D eigenvalue weighted by atomic mass is 10.1. The van der Waals surface area contributed by atoms with Crippen molar-refractivity contribution in [3.63, 3.8) is 0 Å². The van der Waals surface area contributed by atoms with Gasteiger partial charge in [-0.15, -0.1) is 0 Å². The highest BCUT2D eigenvalue weighted by atomic mass is 16.5. The first kappa shape index (κ1) is 18.4. The van der Waals surface area contributed by atoms with Crippen LogP contribution in [-0.4, -0.2) is 11.9 Å². The number of hydrogen-bond donors (Lipinski definition) is 1. The summed E-state index contributed by atoms with van der Waals surface area (Å²) in [7, 11) is 0. The first-order chi connectivity index (χ1) is 13.0. The molecule has 0 spiro atoms. The van der Waals surface area contributed by atoms with E-state index in [-0.39, 0.29) is 5.91 Å². The van der Waals surface area contributed by atoms with E-state index in [0.29, 0.717) is 16.9 Å². The fraction of sp³-hybridized carbons (Fsp3) is 0.130. The van der Waals surface area contributed by atoms with Crippen molar-refractivity contribution in [1.29, 1.82) is 0 Å². The highest BCUT2D eigenvalue weighted by Gasteiger charge is 2.10. The number of benzene rings is 3. The second kappa shape index (κ2) is 8.32. The van der Waals surface area contributed by atoms with Gasteiger partial charge in [0.05, 0.1) is 5.56 Å². The number of anilines is 1. The minimum absolute atomic E-state index is 0.216. The molecule has 0 aliphatic rings. The van der Waals surface area contributed by atoms with Crippen LogP contribution < -0.4 is 10.1 Å². The van der Waals surface area contributed by atoms with Crippen LogP contribution in [0.1, 0.15) is 38.8 Å². The zero-order valence-corrected chi connectivity index (χ0v) is 15.4. The summed E-state index contributed by atoms with van der Waals surface area (Å²) >= 11 is 0. The van der Waals surface area contributed by atoms with E-state index in [1.807, 2.05) is 43.3 Å². The van der Waals surface area contributed by atoms with E-state index in [2.05, 4.69) is 12.2 Å². The Hall–Kier alpha value is -3.40. The molecule has 0 heterocycles. The van der Waals surface area contributed by atoms with Crippen LogP contribution in [-0.2, 0) is 6.42 Å². The third kappa shape index (κ3) is 4.82. The topological polar surface area (TPSA) is 55.4 Å². The maximum atomic E-state index is 12.3. The van der Waals surface area contributed by atoms with Gasteiger partial charge in [-0.3, -0.25) is 4.79 Å². The van der Waals surface area contributed by atoms with Crippen LogP contribution >= 0.6 is 0 Å². The second-order valence-electron chi connectivity index (χ2n) is 6.28. The van der Waals surface area contributed by atoms with Crippen molar-refractivity contribution in [2.75, 3.05) is 5.32 Å². The van der Waals surface area contributed by atoms with Crippen LogP contribution in [0, 0.1) is 6.92 Å². The molecular formula is C23H21NO3. The normalized spacial score (nSPS) is 10.3. The Bertz CT molecular complexity index is 927. The number of carbonyl (C=O) groups is 2. The molecule has 1 N–H and O–H groups in total. The van der Waals surface area contributed by atoms with Gasteiger partial charge in [0, 0.05) is 11.3 Å². The summed E-state index contributed by atoms with van der Waals surface area (Å²) in [6.07, 6.45) is 0.918. The van der Waals surface area contributed by atoms with Gasteiger partial charge in [0.25, 0.3) is 5.91 Å². The summed E-state index contributed by atoms with van der Waals surface area (Å²) in [5.74, 6) is -0.243. The molecule has 0 saturated heterocycles. The van der Waals surface area contributed by atoms with E-state index in [1.165, 1.54) is 0 Å². The average Bonchev–Trinajstić information content (AvgIpc) is 2.70. The fourth-order valence-corrected chi connectivity index (χ4v) is 2.56. The molecule has 4 nitrogen and oxygen atoms in total. The summed E-state index contributed by atoms with van der Waals surface area (Å²) in [6, 6.07) is 21.4. The van der Waals surface area contributed by atoms with Crippen molar-refractivity contribution >= 4 is 17.6 Å². The number of hydrogen-bond acceptors (Lipinski definition) is 3. The molecule has 0 aromatic heterocycles. The van der Waals surface area contributed by atoms with Gasteiger partial charge in [-0.25, -0.2) is 4.79 Å². The molecule has 0 aliphatic heterocycles. The van der Waals surface area contributed by atoms with E-state index in [4.69, 9.17) is 4.74 Å². The summed E-state index contributed by atoms with van der Waals surface area (Å²) in [6.45, 7) is 4.05. The summed E-state index contributed by atoms with van der Waals surface area (Å²) in [5.41, 5.74) is 4.01. The fourth-order valence-electron chi connectivity index (χ4n) is 2.56. The lowest BCUT2D eigenvalue weighted by molar-refractivity contribution is 0.0734. The molecule has 136 valence electrons. The minimum Gasteiger partial charge on any atom is -0.423 e. The van der Waals surface area contributed by atoms with Gasteiger partial charge in [-0.2, -0.15) is 0 Å². The average molecular weight is 359 g/mol. The van der Waals surface area contributed by atoms with Crippen LogP contribution in [0.4, 0.5) is 5.69 Å². The van der Waals surface area contributed by atoms with Crippen molar-refractivity contribution < 1.29 is 14.3 Å². The van der Waals surface area contributed by atoms with Crippen molar-refractivity contribution in [2.45, 2.75) is 20.3 Å². The zero-order chi connectivity index (χ0) is 19.2. The lowest BCUT2D eigenvalue weighted by Gasteiger charge is -2.08. The van der Waals surface area contributed by atoms with Crippen LogP contribution in [0.25, 0.3) is 0 Å². The van der Waals surface area contributed by atoms with Gasteiger partial charge in [-0.05, 0) is 67.4 Å². The Morgan fingerprint density at radius 1 is 0.815 bits per heavy atom. The predicted molar refractivity (Wildman–Crippen MR) is 106 cm³/mol. The van der Waals surface area contributed by atoms with Crippen LogP contribution in [0.5, 0.6) is 5.75 Å². The number of rotatable bonds is 5. The second-order valence-corrected chi connectivity index (χ2v) is 6.28. The van der Waals surface area contributed by atoms with E-state index < -0.39 is 5.97 Å². The molecule has 3 aromatic carbocycles. The number of carbonyl (C=O) groups excluding carboxylic acids is 2. The Morgan fingerprint density at radius 2 is 1.41 bits per heavy atom. The number of ether oxygens (including phenoxy) is 1. The molecule has 3 rings (SSSR count). The standard InChI is InChI=1S/C23H21NO3/c1-3-17-6-8-19(9-7-17)23(26)27-21-14-10-18(11-15-21)22(25)24-20-12-4-16(2)5-13-20/h4-15H,3H2,1-2H3,(H,24,25). The zero-order valence-electron chi connectivity index (χ0n) is 15.4. The highest BCUT2D eigenvalue weighted by molar-refractivity contribution is 6.04. The molecule has 3 aromatic rings. The molecule has 4 heteroatoms. The summed E-state index contributed by atoms with van der Waals surface area (Å²) < 4.78 is 5.37. The van der Waals surface area contributed by atoms with Gasteiger partial charge in [0.2, 0.25) is 0 Å². The quantitative estimate of drug-likeness (QED) is 0.513.